The van der Waals surface area contributed by atoms with E-state index < -0.39 is 0 Å². The van der Waals surface area contributed by atoms with Crippen LogP contribution in [0.25, 0.3) is 5.57 Å². The standard InChI is InChI=1S/C23H29N3/c1-6-19(15-24)14-23(26)17(4)22(18(5)25)13-12-16(3)21-11-9-8-10-20(21)7-2/h2,6,8-13,19,23H,1,3-4,14-15,24-26H2,5H3/b13-12-,22-18-. The predicted octanol–water partition coefficient (Wildman–Crippen LogP) is 3.50. The molecule has 3 heteroatoms. The van der Waals surface area contributed by atoms with E-state index in [1.54, 1.807) is 0 Å². The summed E-state index contributed by atoms with van der Waals surface area (Å²) in [5.41, 5.74) is 22.8. The number of hydrogen-bond acceptors (Lipinski definition) is 3. The van der Waals surface area contributed by atoms with E-state index in [0.717, 1.165) is 27.8 Å². The molecule has 2 atom stereocenters. The largest absolute Gasteiger partial charge is 0.402 e. The SMILES string of the molecule is C#Cc1ccccc1C(=C)/C=C\C(C(=C)C(N)CC(C=C)CN)=C(/C)N. The highest BCUT2D eigenvalue weighted by Crippen LogP contribution is 2.23. The summed E-state index contributed by atoms with van der Waals surface area (Å²) < 4.78 is 0. The maximum atomic E-state index is 6.30. The van der Waals surface area contributed by atoms with E-state index in [9.17, 15) is 0 Å². The van der Waals surface area contributed by atoms with Gasteiger partial charge in [0.1, 0.15) is 0 Å². The molecular formula is C23H29N3. The summed E-state index contributed by atoms with van der Waals surface area (Å²) in [6.45, 7) is 14.4. The average molecular weight is 348 g/mol. The van der Waals surface area contributed by atoms with Crippen LogP contribution >= 0.6 is 0 Å². The Morgan fingerprint density at radius 3 is 2.46 bits per heavy atom. The normalized spacial score (nSPS) is 14.2. The Morgan fingerprint density at radius 2 is 1.92 bits per heavy atom. The molecule has 3 nitrogen and oxygen atoms in total. The molecule has 0 aromatic heterocycles. The van der Waals surface area contributed by atoms with Crippen molar-refractivity contribution in [2.75, 3.05) is 6.54 Å². The first-order valence-electron chi connectivity index (χ1n) is 8.52. The van der Waals surface area contributed by atoms with Crippen molar-refractivity contribution in [2.45, 2.75) is 19.4 Å². The van der Waals surface area contributed by atoms with Crippen molar-refractivity contribution in [3.8, 4) is 12.3 Å². The predicted molar refractivity (Wildman–Crippen MR) is 114 cm³/mol. The third kappa shape index (κ3) is 5.63. The molecule has 0 bridgehead atoms. The Kier molecular flexibility index (Phi) is 8.37. The molecule has 0 saturated carbocycles. The van der Waals surface area contributed by atoms with Crippen molar-refractivity contribution in [3.63, 3.8) is 0 Å². The lowest BCUT2D eigenvalue weighted by Gasteiger charge is -2.20. The lowest BCUT2D eigenvalue weighted by atomic mass is 9.90. The highest BCUT2D eigenvalue weighted by atomic mass is 14.7. The lowest BCUT2D eigenvalue weighted by Crippen LogP contribution is -2.29. The summed E-state index contributed by atoms with van der Waals surface area (Å²) in [7, 11) is 0. The Bertz CT molecular complexity index is 771. The molecule has 1 aromatic carbocycles. The molecule has 0 saturated heterocycles. The van der Waals surface area contributed by atoms with E-state index >= 15 is 0 Å². The zero-order valence-electron chi connectivity index (χ0n) is 15.5. The zero-order valence-corrected chi connectivity index (χ0v) is 15.5. The molecule has 1 rings (SSSR count). The minimum absolute atomic E-state index is 0.141. The van der Waals surface area contributed by atoms with Gasteiger partial charge >= 0.3 is 0 Å². The van der Waals surface area contributed by atoms with E-state index in [0.29, 0.717) is 18.7 Å². The van der Waals surface area contributed by atoms with Crippen molar-refractivity contribution in [2.24, 2.45) is 23.1 Å². The highest BCUT2D eigenvalue weighted by molar-refractivity contribution is 5.77. The molecule has 0 spiro atoms. The van der Waals surface area contributed by atoms with Crippen LogP contribution in [0, 0.1) is 18.3 Å². The van der Waals surface area contributed by atoms with Gasteiger partial charge in [-0.2, -0.15) is 0 Å². The van der Waals surface area contributed by atoms with E-state index in [-0.39, 0.29) is 12.0 Å². The van der Waals surface area contributed by atoms with Crippen molar-refractivity contribution >= 4 is 5.57 Å². The van der Waals surface area contributed by atoms with Gasteiger partial charge in [0.15, 0.2) is 0 Å². The number of allylic oxidation sites excluding steroid dienone is 4. The quantitative estimate of drug-likeness (QED) is 0.363. The Balaban J connectivity index is 3.02. The molecule has 0 amide bonds. The second kappa shape index (κ2) is 10.2. The van der Waals surface area contributed by atoms with Crippen LogP contribution in [0.3, 0.4) is 0 Å². The molecule has 0 aliphatic heterocycles. The monoisotopic (exact) mass is 347 g/mol. The summed E-state index contributed by atoms with van der Waals surface area (Å²) >= 11 is 0. The zero-order chi connectivity index (χ0) is 19.7. The fourth-order valence-corrected chi connectivity index (χ4v) is 2.61. The molecule has 0 heterocycles. The summed E-state index contributed by atoms with van der Waals surface area (Å²) in [4.78, 5) is 0. The topological polar surface area (TPSA) is 78.1 Å². The fourth-order valence-electron chi connectivity index (χ4n) is 2.61. The van der Waals surface area contributed by atoms with Crippen molar-refractivity contribution in [1.82, 2.24) is 0 Å². The van der Waals surface area contributed by atoms with Crippen molar-refractivity contribution < 1.29 is 0 Å². The van der Waals surface area contributed by atoms with Crippen LogP contribution in [0.5, 0.6) is 0 Å². The van der Waals surface area contributed by atoms with Gasteiger partial charge in [-0.05, 0) is 54.2 Å². The molecule has 0 fully saturated rings. The smallest absolute Gasteiger partial charge is 0.0320 e. The van der Waals surface area contributed by atoms with Gasteiger partial charge in [0.05, 0.1) is 0 Å². The molecule has 26 heavy (non-hydrogen) atoms. The van der Waals surface area contributed by atoms with Crippen molar-refractivity contribution in [3.05, 3.63) is 90.2 Å². The summed E-state index contributed by atoms with van der Waals surface area (Å²) in [5, 5.41) is 0. The first-order valence-corrected chi connectivity index (χ1v) is 8.52. The number of rotatable bonds is 9. The summed E-state index contributed by atoms with van der Waals surface area (Å²) in [6, 6.07) is 7.40. The molecule has 2 unspecified atom stereocenters. The molecule has 0 aliphatic rings. The third-order valence-corrected chi connectivity index (χ3v) is 4.29. The average Bonchev–Trinajstić information content (AvgIpc) is 2.65. The van der Waals surface area contributed by atoms with Gasteiger partial charge in [-0.3, -0.25) is 0 Å². The molecule has 0 radical (unpaired) electrons. The van der Waals surface area contributed by atoms with Crippen LogP contribution in [-0.2, 0) is 0 Å². The highest BCUT2D eigenvalue weighted by Gasteiger charge is 2.15. The lowest BCUT2D eigenvalue weighted by molar-refractivity contribution is 0.551. The van der Waals surface area contributed by atoms with Crippen molar-refractivity contribution in [1.29, 1.82) is 0 Å². The third-order valence-electron chi connectivity index (χ3n) is 4.29. The second-order valence-corrected chi connectivity index (χ2v) is 6.24. The van der Waals surface area contributed by atoms with Gasteiger partial charge in [-0.1, -0.05) is 55.5 Å². The number of terminal acetylenes is 1. The van der Waals surface area contributed by atoms with Gasteiger partial charge in [0.2, 0.25) is 0 Å². The van der Waals surface area contributed by atoms with Crippen LogP contribution in [0.2, 0.25) is 0 Å². The molecule has 1 aromatic rings. The van der Waals surface area contributed by atoms with Crippen LogP contribution < -0.4 is 17.2 Å². The second-order valence-electron chi connectivity index (χ2n) is 6.24. The molecule has 6 N–H and O–H groups in total. The van der Waals surface area contributed by atoms with Crippen LogP contribution in [0.4, 0.5) is 0 Å². The van der Waals surface area contributed by atoms with Gasteiger partial charge in [-0.15, -0.1) is 13.0 Å². The Morgan fingerprint density at radius 1 is 1.27 bits per heavy atom. The van der Waals surface area contributed by atoms with E-state index in [2.05, 4.69) is 25.7 Å². The minimum atomic E-state index is -0.258. The van der Waals surface area contributed by atoms with E-state index in [4.69, 9.17) is 23.6 Å². The summed E-state index contributed by atoms with van der Waals surface area (Å²) in [5.74, 6) is 2.81. The first kappa shape index (κ1) is 21.2. The maximum absolute atomic E-state index is 6.30. The number of benzene rings is 1. The number of hydrogen-bond donors (Lipinski definition) is 3. The molecule has 0 aliphatic carbocycles. The van der Waals surface area contributed by atoms with Gasteiger partial charge in [-0.25, -0.2) is 0 Å². The Hall–Kier alpha value is -2.80. The molecular weight excluding hydrogens is 318 g/mol. The van der Waals surface area contributed by atoms with Crippen LogP contribution in [0.1, 0.15) is 24.5 Å². The number of nitrogens with two attached hydrogens (primary N) is 3. The Labute approximate surface area is 157 Å². The maximum Gasteiger partial charge on any atom is 0.0320 e. The molecule has 136 valence electrons. The van der Waals surface area contributed by atoms with Gasteiger partial charge in [0.25, 0.3) is 0 Å². The summed E-state index contributed by atoms with van der Waals surface area (Å²) in [6.07, 6.45) is 11.8. The van der Waals surface area contributed by atoms with Crippen LogP contribution in [0.15, 0.2) is 79.1 Å². The van der Waals surface area contributed by atoms with Crippen LogP contribution in [-0.4, -0.2) is 12.6 Å². The van der Waals surface area contributed by atoms with Gasteiger partial charge < -0.3 is 17.2 Å². The van der Waals surface area contributed by atoms with Gasteiger partial charge in [0, 0.05) is 17.3 Å². The fraction of sp³-hybridized carbons (Fsp3) is 0.217. The van der Waals surface area contributed by atoms with E-state index in [1.165, 1.54) is 0 Å². The minimum Gasteiger partial charge on any atom is -0.402 e. The van der Waals surface area contributed by atoms with E-state index in [1.807, 2.05) is 49.4 Å². The first-order chi connectivity index (χ1) is 12.3.